The van der Waals surface area contributed by atoms with Crippen molar-refractivity contribution in [3.05, 3.63) is 18.0 Å². The largest absolute Gasteiger partial charge is 0.344 e. The van der Waals surface area contributed by atoms with E-state index in [0.29, 0.717) is 5.41 Å². The Morgan fingerprint density at radius 2 is 1.88 bits per heavy atom. The number of halogens is 1. The first-order valence-corrected chi connectivity index (χ1v) is 9.39. The first-order chi connectivity index (χ1) is 11.5. The van der Waals surface area contributed by atoms with E-state index in [0.717, 1.165) is 29.9 Å². The van der Waals surface area contributed by atoms with E-state index in [4.69, 9.17) is 0 Å². The number of nitrogens with zero attached hydrogens (tertiary/aromatic N) is 3. The third-order valence-corrected chi connectivity index (χ3v) is 6.71. The molecule has 4 saturated carbocycles. The third-order valence-electron chi connectivity index (χ3n) is 6.71. The van der Waals surface area contributed by atoms with Crippen molar-refractivity contribution in [1.82, 2.24) is 20.0 Å². The molecule has 0 saturated heterocycles. The van der Waals surface area contributed by atoms with Gasteiger partial charge in [-0.3, -0.25) is 9.48 Å². The molecule has 1 N–H and O–H groups in total. The number of amides is 1. The summed E-state index contributed by atoms with van der Waals surface area (Å²) in [6.07, 6.45) is 12.1. The van der Waals surface area contributed by atoms with Crippen molar-refractivity contribution in [3.63, 3.8) is 0 Å². The summed E-state index contributed by atoms with van der Waals surface area (Å²) in [6, 6.07) is -0.294. The van der Waals surface area contributed by atoms with Gasteiger partial charge in [0.05, 0.1) is 6.20 Å². The Morgan fingerprint density at radius 3 is 2.32 bits per heavy atom. The number of likely N-dealkylation sites (N-methyl/N-ethyl adjacent to an activating group) is 2. The molecule has 25 heavy (non-hydrogen) atoms. The van der Waals surface area contributed by atoms with Gasteiger partial charge in [0.15, 0.2) is 0 Å². The van der Waals surface area contributed by atoms with Gasteiger partial charge in [0.2, 0.25) is 5.91 Å². The summed E-state index contributed by atoms with van der Waals surface area (Å²) in [5, 5.41) is 7.39. The molecule has 5 nitrogen and oxygen atoms in total. The van der Waals surface area contributed by atoms with E-state index in [2.05, 4.69) is 10.4 Å². The predicted octanol–water partition coefficient (Wildman–Crippen LogP) is 2.78. The van der Waals surface area contributed by atoms with Gasteiger partial charge in [-0.15, -0.1) is 12.4 Å². The van der Waals surface area contributed by atoms with E-state index in [1.807, 2.05) is 32.2 Å². The van der Waals surface area contributed by atoms with Crippen LogP contribution >= 0.6 is 12.4 Å². The maximum atomic E-state index is 13.0. The summed E-state index contributed by atoms with van der Waals surface area (Å²) in [5.74, 6) is 2.95. The normalized spacial score (nSPS) is 33.8. The van der Waals surface area contributed by atoms with Crippen LogP contribution in [-0.2, 0) is 11.8 Å². The van der Waals surface area contributed by atoms with Crippen molar-refractivity contribution in [1.29, 1.82) is 0 Å². The molecule has 1 atom stereocenters. The molecule has 4 fully saturated rings. The number of aromatic nitrogens is 2. The van der Waals surface area contributed by atoms with Gasteiger partial charge in [0.25, 0.3) is 0 Å². The molecule has 5 rings (SSSR count). The summed E-state index contributed by atoms with van der Waals surface area (Å²) in [7, 11) is 5.73. The van der Waals surface area contributed by atoms with E-state index < -0.39 is 0 Å². The molecule has 0 aromatic carbocycles. The highest BCUT2D eigenvalue weighted by Crippen LogP contribution is 2.60. The summed E-state index contributed by atoms with van der Waals surface area (Å²) in [5.41, 5.74) is 1.34. The monoisotopic (exact) mass is 366 g/mol. The van der Waals surface area contributed by atoms with Crippen LogP contribution in [0.3, 0.4) is 0 Å². The second kappa shape index (κ2) is 6.92. The topological polar surface area (TPSA) is 50.2 Å². The van der Waals surface area contributed by atoms with E-state index >= 15 is 0 Å². The maximum Gasteiger partial charge on any atom is 0.244 e. The molecule has 0 aliphatic heterocycles. The number of carbonyl (C=O) groups is 1. The zero-order chi connectivity index (χ0) is 16.9. The third kappa shape index (κ3) is 3.45. The molecule has 0 spiro atoms. The lowest BCUT2D eigenvalue weighted by Crippen LogP contribution is -2.52. The molecule has 0 radical (unpaired) electrons. The Bertz CT molecular complexity index is 593. The molecule has 1 amide bonds. The van der Waals surface area contributed by atoms with Gasteiger partial charge in [-0.1, -0.05) is 0 Å². The van der Waals surface area contributed by atoms with E-state index in [1.54, 1.807) is 10.9 Å². The van der Waals surface area contributed by atoms with Gasteiger partial charge in [0.1, 0.15) is 6.04 Å². The second-order valence-electron chi connectivity index (χ2n) is 8.78. The number of aryl methyl sites for hydroxylation is 1. The standard InChI is InChI=1S/C19H30N4O.ClH/c1-20-17(16-10-21-23(3)11-16)18(24)22(2)12-19-7-13-4-14(8-19)6-15(5-13)9-19;/h10-11,13-15,17,20H,4-9,12H2,1-3H3;1H. The van der Waals surface area contributed by atoms with Crippen LogP contribution in [0.5, 0.6) is 0 Å². The van der Waals surface area contributed by atoms with Gasteiger partial charge in [-0.2, -0.15) is 5.10 Å². The number of rotatable bonds is 5. The average molecular weight is 367 g/mol. The fraction of sp³-hybridized carbons (Fsp3) is 0.789. The Morgan fingerprint density at radius 1 is 1.32 bits per heavy atom. The summed E-state index contributed by atoms with van der Waals surface area (Å²) < 4.78 is 1.76. The highest BCUT2D eigenvalue weighted by molar-refractivity contribution is 5.85. The molecule has 1 aromatic heterocycles. The minimum atomic E-state index is -0.294. The van der Waals surface area contributed by atoms with Crippen molar-refractivity contribution in [2.75, 3.05) is 20.6 Å². The van der Waals surface area contributed by atoms with Gasteiger partial charge < -0.3 is 10.2 Å². The molecule has 4 aliphatic carbocycles. The molecule has 4 aliphatic rings. The van der Waals surface area contributed by atoms with Crippen LogP contribution in [0.25, 0.3) is 0 Å². The van der Waals surface area contributed by atoms with Crippen molar-refractivity contribution >= 4 is 18.3 Å². The van der Waals surface area contributed by atoms with Gasteiger partial charge >= 0.3 is 0 Å². The van der Waals surface area contributed by atoms with Crippen molar-refractivity contribution in [3.8, 4) is 0 Å². The van der Waals surface area contributed by atoms with Crippen molar-refractivity contribution in [2.24, 2.45) is 30.2 Å². The molecular weight excluding hydrogens is 336 g/mol. The highest BCUT2D eigenvalue weighted by Gasteiger charge is 2.51. The average Bonchev–Trinajstić information content (AvgIpc) is 2.92. The fourth-order valence-corrected chi connectivity index (χ4v) is 6.31. The summed E-state index contributed by atoms with van der Waals surface area (Å²) >= 11 is 0. The first kappa shape index (κ1) is 18.7. The lowest BCUT2D eigenvalue weighted by molar-refractivity contribution is -0.137. The number of hydrogen-bond donors (Lipinski definition) is 1. The van der Waals surface area contributed by atoms with Crippen LogP contribution in [0.2, 0.25) is 0 Å². The molecular formula is C19H31ClN4O. The zero-order valence-corrected chi connectivity index (χ0v) is 16.4. The van der Waals surface area contributed by atoms with E-state index in [1.165, 1.54) is 38.5 Å². The Kier molecular flexibility index (Phi) is 5.18. The summed E-state index contributed by atoms with van der Waals surface area (Å²) in [6.45, 7) is 0.924. The minimum Gasteiger partial charge on any atom is -0.344 e. The molecule has 140 valence electrons. The van der Waals surface area contributed by atoms with Crippen molar-refractivity contribution in [2.45, 2.75) is 44.6 Å². The molecule has 1 aromatic rings. The molecule has 1 unspecified atom stereocenters. The highest BCUT2D eigenvalue weighted by atomic mass is 35.5. The quantitative estimate of drug-likeness (QED) is 0.871. The molecule has 6 heteroatoms. The lowest BCUT2D eigenvalue weighted by Gasteiger charge is -2.57. The fourth-order valence-electron chi connectivity index (χ4n) is 6.31. The van der Waals surface area contributed by atoms with Crippen LogP contribution in [0.4, 0.5) is 0 Å². The smallest absolute Gasteiger partial charge is 0.244 e. The van der Waals surface area contributed by atoms with E-state index in [9.17, 15) is 4.79 Å². The SMILES string of the molecule is CNC(C(=O)N(C)CC12CC3CC(CC(C3)C1)C2)c1cnn(C)c1.Cl. The van der Waals surface area contributed by atoms with Crippen LogP contribution in [0, 0.1) is 23.2 Å². The summed E-state index contributed by atoms with van der Waals surface area (Å²) in [4.78, 5) is 15.0. The number of carbonyl (C=O) groups excluding carboxylic acids is 1. The number of hydrogen-bond acceptors (Lipinski definition) is 3. The van der Waals surface area contributed by atoms with Gasteiger partial charge in [0, 0.05) is 32.4 Å². The zero-order valence-electron chi connectivity index (χ0n) is 15.6. The van der Waals surface area contributed by atoms with Gasteiger partial charge in [-0.25, -0.2) is 0 Å². The number of nitrogens with one attached hydrogen (secondary N) is 1. The Hall–Kier alpha value is -1.07. The van der Waals surface area contributed by atoms with Crippen LogP contribution in [0.1, 0.15) is 50.1 Å². The van der Waals surface area contributed by atoms with Crippen LogP contribution < -0.4 is 5.32 Å². The maximum absolute atomic E-state index is 13.0. The Balaban J connectivity index is 0.00000182. The van der Waals surface area contributed by atoms with Gasteiger partial charge in [-0.05, 0) is 68.7 Å². The molecule has 1 heterocycles. The predicted molar refractivity (Wildman–Crippen MR) is 100 cm³/mol. The van der Waals surface area contributed by atoms with Crippen molar-refractivity contribution < 1.29 is 4.79 Å². The second-order valence-corrected chi connectivity index (χ2v) is 8.78. The lowest BCUT2D eigenvalue weighted by atomic mass is 9.49. The van der Waals surface area contributed by atoms with Crippen LogP contribution in [0.15, 0.2) is 12.4 Å². The first-order valence-electron chi connectivity index (χ1n) is 9.39. The molecule has 4 bridgehead atoms. The minimum absolute atomic E-state index is 0. The van der Waals surface area contributed by atoms with Crippen LogP contribution in [-0.4, -0.2) is 41.2 Å². The Labute approximate surface area is 156 Å². The van der Waals surface area contributed by atoms with E-state index in [-0.39, 0.29) is 24.4 Å².